The molecule has 1 aliphatic carbocycles. The van der Waals surface area contributed by atoms with Crippen LogP contribution in [-0.4, -0.2) is 34.2 Å². The van der Waals surface area contributed by atoms with Crippen molar-refractivity contribution in [2.45, 2.75) is 38.1 Å². The van der Waals surface area contributed by atoms with Crippen molar-refractivity contribution >= 4 is 39.9 Å². The second-order valence-corrected chi connectivity index (χ2v) is 6.49. The Bertz CT molecular complexity index is 538. The van der Waals surface area contributed by atoms with Crippen molar-refractivity contribution in [3.8, 4) is 0 Å². The molecule has 0 radical (unpaired) electrons. The molecule has 1 aromatic heterocycles. The largest absolute Gasteiger partial charge is 0.348 e. The van der Waals surface area contributed by atoms with E-state index >= 15 is 0 Å². The molecule has 0 amide bonds. The number of thiophene rings is 1. The third-order valence-corrected chi connectivity index (χ3v) is 4.94. The highest BCUT2D eigenvalue weighted by Crippen LogP contribution is 2.23. The standard InChI is InChI=1S/C13H18N4O2S2/c1-16(10-5-3-2-4-6-10)13(20)15-14-9-11-7-8-12(21-11)17(18)19/h7-10H,2-6H2,1H3,(H,15,20)/b14-9+. The zero-order valence-electron chi connectivity index (χ0n) is 11.8. The van der Waals surface area contributed by atoms with Crippen LogP contribution in [0.4, 0.5) is 5.00 Å². The summed E-state index contributed by atoms with van der Waals surface area (Å²) >= 11 is 6.40. The number of hydrogen-bond donors (Lipinski definition) is 1. The molecule has 1 aromatic rings. The predicted octanol–water partition coefficient (Wildman–Crippen LogP) is 3.13. The van der Waals surface area contributed by atoms with Gasteiger partial charge in [-0.25, -0.2) is 0 Å². The molecule has 6 nitrogen and oxygen atoms in total. The summed E-state index contributed by atoms with van der Waals surface area (Å²) in [6, 6.07) is 3.62. The third-order valence-electron chi connectivity index (χ3n) is 3.59. The fraction of sp³-hybridized carbons (Fsp3) is 0.538. The maximum atomic E-state index is 10.6. The van der Waals surface area contributed by atoms with E-state index in [0.29, 0.717) is 11.2 Å². The first-order chi connectivity index (χ1) is 10.1. The van der Waals surface area contributed by atoms with E-state index in [1.165, 1.54) is 38.2 Å². The molecule has 1 N–H and O–H groups in total. The topological polar surface area (TPSA) is 70.8 Å². The van der Waals surface area contributed by atoms with Crippen molar-refractivity contribution in [1.82, 2.24) is 10.3 Å². The highest BCUT2D eigenvalue weighted by Gasteiger charge is 2.19. The van der Waals surface area contributed by atoms with E-state index in [9.17, 15) is 10.1 Å². The van der Waals surface area contributed by atoms with Crippen LogP contribution in [0.15, 0.2) is 17.2 Å². The summed E-state index contributed by atoms with van der Waals surface area (Å²) in [6.45, 7) is 0. The Labute approximate surface area is 133 Å². The molecule has 0 atom stereocenters. The summed E-state index contributed by atoms with van der Waals surface area (Å²) < 4.78 is 0. The van der Waals surface area contributed by atoms with Crippen LogP contribution in [0.3, 0.4) is 0 Å². The lowest BCUT2D eigenvalue weighted by atomic mass is 9.95. The SMILES string of the molecule is CN(C(=S)N/N=C/c1ccc([N+](=O)[O-])s1)C1CCCCC1. The molecule has 21 heavy (non-hydrogen) atoms. The maximum Gasteiger partial charge on any atom is 0.324 e. The Morgan fingerprint density at radius 1 is 1.52 bits per heavy atom. The highest BCUT2D eigenvalue weighted by molar-refractivity contribution is 7.80. The molecule has 1 heterocycles. The van der Waals surface area contributed by atoms with E-state index in [-0.39, 0.29) is 5.00 Å². The minimum atomic E-state index is -0.406. The molecule has 0 saturated heterocycles. The first-order valence-electron chi connectivity index (χ1n) is 6.88. The summed E-state index contributed by atoms with van der Waals surface area (Å²) in [4.78, 5) is 13.0. The minimum Gasteiger partial charge on any atom is -0.348 e. The van der Waals surface area contributed by atoms with Gasteiger partial charge in [-0.15, -0.1) is 0 Å². The van der Waals surface area contributed by atoms with Gasteiger partial charge in [-0.2, -0.15) is 5.10 Å². The Morgan fingerprint density at radius 2 is 2.24 bits per heavy atom. The molecule has 8 heteroatoms. The van der Waals surface area contributed by atoms with Gasteiger partial charge < -0.3 is 4.90 Å². The lowest BCUT2D eigenvalue weighted by Gasteiger charge is -2.32. The van der Waals surface area contributed by atoms with Gasteiger partial charge in [0.05, 0.1) is 16.0 Å². The van der Waals surface area contributed by atoms with Crippen LogP contribution in [0.5, 0.6) is 0 Å². The molecule has 1 saturated carbocycles. The first-order valence-corrected chi connectivity index (χ1v) is 8.10. The molecule has 1 fully saturated rings. The lowest BCUT2D eigenvalue weighted by molar-refractivity contribution is -0.380. The van der Waals surface area contributed by atoms with E-state index in [0.717, 1.165) is 16.2 Å². The zero-order valence-corrected chi connectivity index (χ0v) is 13.5. The maximum absolute atomic E-state index is 10.6. The zero-order chi connectivity index (χ0) is 15.2. The van der Waals surface area contributed by atoms with Crippen LogP contribution in [0.2, 0.25) is 0 Å². The van der Waals surface area contributed by atoms with Gasteiger partial charge in [0.25, 0.3) is 0 Å². The van der Waals surface area contributed by atoms with Crippen LogP contribution in [0.1, 0.15) is 37.0 Å². The lowest BCUT2D eigenvalue weighted by Crippen LogP contribution is -2.42. The quantitative estimate of drug-likeness (QED) is 0.398. The molecule has 1 aliphatic rings. The molecule has 0 unspecified atom stereocenters. The number of nitrogens with one attached hydrogen (secondary N) is 1. The van der Waals surface area contributed by atoms with Crippen LogP contribution in [-0.2, 0) is 0 Å². The normalized spacial score (nSPS) is 16.0. The summed E-state index contributed by atoms with van der Waals surface area (Å²) in [7, 11) is 1.98. The van der Waals surface area contributed by atoms with Crippen LogP contribution >= 0.6 is 23.6 Å². The number of nitro groups is 1. The van der Waals surface area contributed by atoms with Crippen LogP contribution in [0.25, 0.3) is 0 Å². The van der Waals surface area contributed by atoms with E-state index < -0.39 is 4.92 Å². The fourth-order valence-corrected chi connectivity index (χ4v) is 3.27. The fourth-order valence-electron chi connectivity index (χ4n) is 2.37. The van der Waals surface area contributed by atoms with E-state index in [4.69, 9.17) is 12.2 Å². The number of hydrogen-bond acceptors (Lipinski definition) is 5. The number of thiocarbonyl (C=S) groups is 1. The molecule has 0 bridgehead atoms. The number of rotatable bonds is 4. The second kappa shape index (κ2) is 7.46. The molecule has 0 aliphatic heterocycles. The third kappa shape index (κ3) is 4.47. The Balaban J connectivity index is 1.84. The van der Waals surface area contributed by atoms with Gasteiger partial charge >= 0.3 is 5.00 Å². The van der Waals surface area contributed by atoms with Crippen LogP contribution in [0, 0.1) is 10.1 Å². The van der Waals surface area contributed by atoms with Gasteiger partial charge in [0, 0.05) is 19.2 Å². The van der Waals surface area contributed by atoms with Gasteiger partial charge in [0.2, 0.25) is 0 Å². The average Bonchev–Trinajstić information content (AvgIpc) is 2.96. The molecule has 114 valence electrons. The minimum absolute atomic E-state index is 0.110. The van der Waals surface area contributed by atoms with Crippen molar-refractivity contribution in [3.63, 3.8) is 0 Å². The Hall–Kier alpha value is -1.54. The van der Waals surface area contributed by atoms with E-state index in [2.05, 4.69) is 15.4 Å². The van der Waals surface area contributed by atoms with Gasteiger partial charge in [-0.05, 0) is 31.1 Å². The van der Waals surface area contributed by atoms with Crippen molar-refractivity contribution in [2.75, 3.05) is 7.05 Å². The Morgan fingerprint density at radius 3 is 2.86 bits per heavy atom. The van der Waals surface area contributed by atoms with Gasteiger partial charge in [0.1, 0.15) is 0 Å². The summed E-state index contributed by atoms with van der Waals surface area (Å²) in [5, 5.41) is 15.3. The number of hydrazone groups is 1. The average molecular weight is 326 g/mol. The molecular weight excluding hydrogens is 308 g/mol. The molecular formula is C13H18N4O2S2. The summed E-state index contributed by atoms with van der Waals surface area (Å²) in [5.41, 5.74) is 2.83. The van der Waals surface area contributed by atoms with Gasteiger partial charge in [-0.3, -0.25) is 15.5 Å². The summed E-state index contributed by atoms with van der Waals surface area (Å²) in [5.74, 6) is 0. The first kappa shape index (κ1) is 15.8. The van der Waals surface area contributed by atoms with Crippen LogP contribution < -0.4 is 5.43 Å². The Kier molecular flexibility index (Phi) is 5.63. The molecule has 0 spiro atoms. The highest BCUT2D eigenvalue weighted by atomic mass is 32.1. The van der Waals surface area contributed by atoms with Crippen molar-refractivity contribution in [3.05, 3.63) is 27.1 Å². The second-order valence-electron chi connectivity index (χ2n) is 5.01. The van der Waals surface area contributed by atoms with Gasteiger partial charge in [0.15, 0.2) is 5.11 Å². The molecule has 0 aromatic carbocycles. The monoisotopic (exact) mass is 326 g/mol. The number of nitrogens with zero attached hydrogens (tertiary/aromatic N) is 3. The molecule has 2 rings (SSSR count). The van der Waals surface area contributed by atoms with E-state index in [1.54, 1.807) is 12.3 Å². The summed E-state index contributed by atoms with van der Waals surface area (Å²) in [6.07, 6.45) is 7.69. The van der Waals surface area contributed by atoms with Crippen molar-refractivity contribution < 1.29 is 4.92 Å². The van der Waals surface area contributed by atoms with Crippen molar-refractivity contribution in [1.29, 1.82) is 0 Å². The smallest absolute Gasteiger partial charge is 0.324 e. The van der Waals surface area contributed by atoms with Crippen molar-refractivity contribution in [2.24, 2.45) is 5.10 Å². The van der Waals surface area contributed by atoms with Gasteiger partial charge in [-0.1, -0.05) is 30.6 Å². The predicted molar refractivity (Wildman–Crippen MR) is 88.9 cm³/mol. The van der Waals surface area contributed by atoms with E-state index in [1.807, 2.05) is 7.05 Å².